The van der Waals surface area contributed by atoms with Gasteiger partial charge in [-0.2, -0.15) is 0 Å². The van der Waals surface area contributed by atoms with Gasteiger partial charge in [0.1, 0.15) is 12.6 Å². The summed E-state index contributed by atoms with van der Waals surface area (Å²) in [6, 6.07) is 15.0. The normalized spacial score (nSPS) is 19.4. The highest BCUT2D eigenvalue weighted by Crippen LogP contribution is 2.44. The zero-order valence-corrected chi connectivity index (χ0v) is 19.4. The maximum atomic E-state index is 12.5. The van der Waals surface area contributed by atoms with Crippen LogP contribution in [0.2, 0.25) is 0 Å². The van der Waals surface area contributed by atoms with Crippen molar-refractivity contribution in [3.63, 3.8) is 0 Å². The molecule has 0 bridgehead atoms. The van der Waals surface area contributed by atoms with Crippen LogP contribution in [0.25, 0.3) is 11.1 Å². The van der Waals surface area contributed by atoms with Gasteiger partial charge in [0.25, 0.3) is 0 Å². The average Bonchev–Trinajstić information content (AvgIpc) is 3.39. The first kappa shape index (κ1) is 23.5. The summed E-state index contributed by atoms with van der Waals surface area (Å²) < 4.78 is 5.57. The first-order chi connectivity index (χ1) is 16.3. The van der Waals surface area contributed by atoms with Crippen molar-refractivity contribution in [3.05, 3.63) is 71.8 Å². The molecular weight excluding hydrogens is 432 g/mol. The molecule has 4 rings (SSSR count). The molecular formula is C27H30N2O5. The van der Waals surface area contributed by atoms with Crippen molar-refractivity contribution in [2.24, 2.45) is 11.8 Å². The molecule has 0 aliphatic heterocycles. The third-order valence-corrected chi connectivity index (χ3v) is 6.39. The monoisotopic (exact) mass is 462 g/mol. The average molecular weight is 463 g/mol. The van der Waals surface area contributed by atoms with Crippen LogP contribution in [0.3, 0.4) is 0 Å². The van der Waals surface area contributed by atoms with Gasteiger partial charge in [-0.25, -0.2) is 9.59 Å². The molecule has 2 aromatic carbocycles. The quantitative estimate of drug-likeness (QED) is 0.513. The molecule has 2 aromatic rings. The number of carboxylic acid groups (broad SMARTS) is 1. The first-order valence-corrected chi connectivity index (χ1v) is 11.7. The van der Waals surface area contributed by atoms with Crippen LogP contribution in [-0.2, 0) is 14.3 Å². The highest BCUT2D eigenvalue weighted by Gasteiger charge is 2.31. The number of hydrogen-bond acceptors (Lipinski definition) is 4. The molecule has 178 valence electrons. The van der Waals surface area contributed by atoms with Crippen molar-refractivity contribution < 1.29 is 24.2 Å². The van der Waals surface area contributed by atoms with Gasteiger partial charge in [0.2, 0.25) is 5.91 Å². The molecule has 0 spiro atoms. The zero-order chi connectivity index (χ0) is 24.2. The summed E-state index contributed by atoms with van der Waals surface area (Å²) in [6.45, 7) is 4.04. The molecule has 7 heteroatoms. The molecule has 2 aliphatic rings. The van der Waals surface area contributed by atoms with Gasteiger partial charge in [0, 0.05) is 5.92 Å². The van der Waals surface area contributed by atoms with E-state index >= 15 is 0 Å². The smallest absolute Gasteiger partial charge is 0.407 e. The van der Waals surface area contributed by atoms with E-state index < -0.39 is 24.0 Å². The number of rotatable bonds is 8. The van der Waals surface area contributed by atoms with Gasteiger partial charge in [-0.05, 0) is 41.0 Å². The largest absolute Gasteiger partial charge is 0.480 e. The number of ether oxygens (including phenoxy) is 1. The van der Waals surface area contributed by atoms with Crippen LogP contribution >= 0.6 is 0 Å². The molecule has 0 saturated carbocycles. The van der Waals surface area contributed by atoms with Gasteiger partial charge in [0.15, 0.2) is 0 Å². The van der Waals surface area contributed by atoms with Gasteiger partial charge in [-0.15, -0.1) is 0 Å². The standard InChI is InChI=1S/C27H30N2O5/c1-16(2)13-24(26(31)32)29-25(30)17-11-12-18(14-17)28-27(33)34-15-23-21-9-5-3-7-19(21)20-8-4-6-10-22(20)23/h3-12,16-18,23-24H,13-15H2,1-2H3,(H,28,33)(H,29,30)(H,31,32)/t17?,18?,24-/m0/s1. The number of carbonyl (C=O) groups excluding carboxylic acids is 2. The number of amides is 2. The first-order valence-electron chi connectivity index (χ1n) is 11.7. The minimum atomic E-state index is -1.04. The molecule has 0 radical (unpaired) electrons. The van der Waals surface area contributed by atoms with E-state index in [9.17, 15) is 19.5 Å². The van der Waals surface area contributed by atoms with Crippen LogP contribution < -0.4 is 10.6 Å². The summed E-state index contributed by atoms with van der Waals surface area (Å²) in [4.78, 5) is 36.5. The minimum Gasteiger partial charge on any atom is -0.480 e. The van der Waals surface area contributed by atoms with Crippen LogP contribution in [-0.4, -0.2) is 41.8 Å². The molecule has 3 atom stereocenters. The molecule has 3 N–H and O–H groups in total. The maximum absolute atomic E-state index is 12.5. The summed E-state index contributed by atoms with van der Waals surface area (Å²) in [5.41, 5.74) is 4.61. The number of carbonyl (C=O) groups is 3. The molecule has 2 unspecified atom stereocenters. The third kappa shape index (κ3) is 5.14. The second-order valence-corrected chi connectivity index (χ2v) is 9.33. The SMILES string of the molecule is CC(C)C[C@H](NC(=O)C1C=CC(NC(=O)OCC2c3ccccc3-c3ccccc32)C1)C(=O)O. The number of alkyl carbamates (subject to hydrolysis) is 1. The number of nitrogens with one attached hydrogen (secondary N) is 2. The predicted octanol–water partition coefficient (Wildman–Crippen LogP) is 4.09. The Morgan fingerprint density at radius 3 is 2.21 bits per heavy atom. The van der Waals surface area contributed by atoms with Crippen LogP contribution in [0.4, 0.5) is 4.79 Å². The third-order valence-electron chi connectivity index (χ3n) is 6.39. The molecule has 0 aromatic heterocycles. The Morgan fingerprint density at radius 1 is 1.00 bits per heavy atom. The number of carboxylic acids is 1. The second-order valence-electron chi connectivity index (χ2n) is 9.33. The lowest BCUT2D eigenvalue weighted by Gasteiger charge is -2.19. The highest BCUT2D eigenvalue weighted by atomic mass is 16.5. The van der Waals surface area contributed by atoms with Crippen molar-refractivity contribution in [1.29, 1.82) is 0 Å². The predicted molar refractivity (Wildman–Crippen MR) is 128 cm³/mol. The highest BCUT2D eigenvalue weighted by molar-refractivity contribution is 5.86. The molecule has 7 nitrogen and oxygen atoms in total. The van der Waals surface area contributed by atoms with Crippen LogP contribution in [0.5, 0.6) is 0 Å². The molecule has 2 aliphatic carbocycles. The fourth-order valence-corrected chi connectivity index (χ4v) is 4.76. The Bertz CT molecular complexity index is 1060. The molecule has 2 amide bonds. The minimum absolute atomic E-state index is 0.0234. The Labute approximate surface area is 199 Å². The van der Waals surface area contributed by atoms with Gasteiger partial charge >= 0.3 is 12.1 Å². The maximum Gasteiger partial charge on any atom is 0.407 e. The van der Waals surface area contributed by atoms with Gasteiger partial charge < -0.3 is 20.5 Å². The molecule has 0 saturated heterocycles. The number of fused-ring (bicyclic) bond motifs is 3. The lowest BCUT2D eigenvalue weighted by molar-refractivity contribution is -0.142. The van der Waals surface area contributed by atoms with Crippen LogP contribution in [0.1, 0.15) is 43.7 Å². The molecule has 34 heavy (non-hydrogen) atoms. The fraction of sp³-hybridized carbons (Fsp3) is 0.370. The van der Waals surface area contributed by atoms with Crippen molar-refractivity contribution in [2.75, 3.05) is 6.61 Å². The van der Waals surface area contributed by atoms with Crippen molar-refractivity contribution >= 4 is 18.0 Å². The fourth-order valence-electron chi connectivity index (χ4n) is 4.76. The van der Waals surface area contributed by atoms with E-state index in [-0.39, 0.29) is 30.4 Å². The summed E-state index contributed by atoms with van der Waals surface area (Å²) in [5, 5.41) is 14.8. The van der Waals surface area contributed by atoms with E-state index in [1.165, 1.54) is 0 Å². The number of aliphatic carboxylic acids is 1. The van der Waals surface area contributed by atoms with Crippen molar-refractivity contribution in [1.82, 2.24) is 10.6 Å². The number of benzene rings is 2. The Hall–Kier alpha value is -3.61. The zero-order valence-electron chi connectivity index (χ0n) is 19.4. The van der Waals surface area contributed by atoms with Gasteiger partial charge in [0.05, 0.1) is 12.0 Å². The van der Waals surface area contributed by atoms with E-state index in [2.05, 4.69) is 34.9 Å². The summed E-state index contributed by atoms with van der Waals surface area (Å²) in [5.74, 6) is -1.76. The van der Waals surface area contributed by atoms with Gasteiger partial charge in [-0.1, -0.05) is 74.5 Å². The van der Waals surface area contributed by atoms with E-state index in [1.807, 2.05) is 38.1 Å². The lowest BCUT2D eigenvalue weighted by Crippen LogP contribution is -2.44. The molecule has 0 heterocycles. The van der Waals surface area contributed by atoms with Crippen molar-refractivity contribution in [2.45, 2.75) is 44.7 Å². The summed E-state index contributed by atoms with van der Waals surface area (Å²) in [7, 11) is 0. The number of hydrogen-bond donors (Lipinski definition) is 3. The van der Waals surface area contributed by atoms with Gasteiger partial charge in [-0.3, -0.25) is 4.79 Å². The van der Waals surface area contributed by atoms with E-state index in [1.54, 1.807) is 12.2 Å². The Kier molecular flexibility index (Phi) is 7.01. The Balaban J connectivity index is 1.29. The van der Waals surface area contributed by atoms with E-state index in [0.29, 0.717) is 12.8 Å². The lowest BCUT2D eigenvalue weighted by atomic mass is 9.98. The molecule has 0 fully saturated rings. The van der Waals surface area contributed by atoms with E-state index in [0.717, 1.165) is 22.3 Å². The van der Waals surface area contributed by atoms with Crippen LogP contribution in [0, 0.1) is 11.8 Å². The summed E-state index contributed by atoms with van der Waals surface area (Å²) in [6.07, 6.45) is 3.64. The van der Waals surface area contributed by atoms with Crippen LogP contribution in [0.15, 0.2) is 60.7 Å². The second kappa shape index (κ2) is 10.1. The summed E-state index contributed by atoms with van der Waals surface area (Å²) >= 11 is 0. The van der Waals surface area contributed by atoms with E-state index in [4.69, 9.17) is 4.74 Å². The Morgan fingerprint density at radius 2 is 1.62 bits per heavy atom. The topological polar surface area (TPSA) is 105 Å². The van der Waals surface area contributed by atoms with Crippen molar-refractivity contribution in [3.8, 4) is 11.1 Å².